The lowest BCUT2D eigenvalue weighted by molar-refractivity contribution is 0.481. The van der Waals surface area contributed by atoms with Gasteiger partial charge in [-0.15, -0.1) is 0 Å². The Hall–Kier alpha value is -8.15. The van der Waals surface area contributed by atoms with E-state index in [1.807, 2.05) is 6.20 Å². The van der Waals surface area contributed by atoms with Gasteiger partial charge in [0.05, 0.1) is 23.4 Å². The first-order chi connectivity index (χ1) is 37.0. The molecule has 0 saturated carbocycles. The zero-order chi connectivity index (χ0) is 53.8. The maximum Gasteiger partial charge on any atom is 0.137 e. The van der Waals surface area contributed by atoms with Gasteiger partial charge >= 0.3 is 0 Å². The molecule has 8 aromatic carbocycles. The van der Waals surface area contributed by atoms with E-state index in [9.17, 15) is 0 Å². The summed E-state index contributed by atoms with van der Waals surface area (Å²) in [7, 11) is 0. The van der Waals surface area contributed by atoms with Crippen LogP contribution < -0.4 is 14.5 Å². The minimum Gasteiger partial charge on any atom is -0.457 e. The second-order valence-electron chi connectivity index (χ2n) is 23.8. The largest absolute Gasteiger partial charge is 0.457 e. The maximum atomic E-state index is 7.28. The number of anilines is 2. The average molecular weight is 1010 g/mol. The van der Waals surface area contributed by atoms with Gasteiger partial charge in [0, 0.05) is 63.1 Å². The van der Waals surface area contributed by atoms with Crippen LogP contribution in [0.5, 0.6) is 11.5 Å². The summed E-state index contributed by atoms with van der Waals surface area (Å²) in [6, 6.07) is 72.8. The second kappa shape index (κ2) is 20.1. The van der Waals surface area contributed by atoms with Crippen molar-refractivity contribution in [1.82, 2.24) is 9.55 Å². The van der Waals surface area contributed by atoms with E-state index < -0.39 is 5.41 Å². The molecule has 386 valence electrons. The van der Waals surface area contributed by atoms with Crippen molar-refractivity contribution in [1.29, 1.82) is 0 Å². The first kappa shape index (κ1) is 51.0. The van der Waals surface area contributed by atoms with Gasteiger partial charge in [0.1, 0.15) is 17.3 Å². The standard InChI is InChI=1S/C72H72N4O/c1-48(2)60-34-24-35-61(49(3)4)68(60)66-46-74(57-40-51(50-25-15-12-16-26-50)39-55(41-57)70(5,6)7)47-75(66)56-31-23-32-58(43-56)77-59-44-63(72(10,11)53-29-19-14-20-30-53)69-62-33-21-22-36-64(62)76(65(69)45-59)67-42-54(37-38-73-67)71(8,9)52-27-17-13-18-28-52/h12-46,48-49H,47H2,1-11H3. The van der Waals surface area contributed by atoms with Crippen LogP contribution in [0, 0.1) is 0 Å². The quantitative estimate of drug-likeness (QED) is 0.115. The molecular weight excluding hydrogens is 937 g/mol. The topological polar surface area (TPSA) is 33.5 Å². The monoisotopic (exact) mass is 1010 g/mol. The number of para-hydroxylation sites is 1. The Bertz CT molecular complexity index is 3770. The molecule has 2 aromatic heterocycles. The number of rotatable bonds is 13. The minimum atomic E-state index is -0.401. The van der Waals surface area contributed by atoms with E-state index in [-0.39, 0.29) is 10.8 Å². The van der Waals surface area contributed by atoms with Crippen molar-refractivity contribution in [3.63, 3.8) is 0 Å². The van der Waals surface area contributed by atoms with E-state index >= 15 is 0 Å². The van der Waals surface area contributed by atoms with Crippen molar-refractivity contribution < 1.29 is 4.74 Å². The Morgan fingerprint density at radius 3 is 1.77 bits per heavy atom. The van der Waals surface area contributed by atoms with Gasteiger partial charge in [-0.2, -0.15) is 0 Å². The fourth-order valence-electron chi connectivity index (χ4n) is 11.6. The predicted molar refractivity (Wildman–Crippen MR) is 325 cm³/mol. The van der Waals surface area contributed by atoms with Gasteiger partial charge in [0.25, 0.3) is 0 Å². The van der Waals surface area contributed by atoms with E-state index in [2.05, 4.69) is 297 Å². The number of aromatic nitrogens is 2. The van der Waals surface area contributed by atoms with Gasteiger partial charge in [-0.3, -0.25) is 4.57 Å². The third kappa shape index (κ3) is 9.62. The molecule has 0 radical (unpaired) electrons. The number of ether oxygens (including phenoxy) is 1. The molecule has 0 bridgehead atoms. The van der Waals surface area contributed by atoms with Crippen LogP contribution >= 0.6 is 0 Å². The molecule has 0 amide bonds. The number of benzene rings is 8. The van der Waals surface area contributed by atoms with Gasteiger partial charge in [0.15, 0.2) is 0 Å². The molecule has 5 nitrogen and oxygen atoms in total. The van der Waals surface area contributed by atoms with E-state index in [1.54, 1.807) is 0 Å². The average Bonchev–Trinajstić information content (AvgIpc) is 4.25. The molecule has 0 spiro atoms. The molecule has 5 heteroatoms. The fourth-order valence-corrected chi connectivity index (χ4v) is 11.6. The Morgan fingerprint density at radius 2 is 1.10 bits per heavy atom. The molecule has 1 aliphatic heterocycles. The number of fused-ring (bicyclic) bond motifs is 3. The van der Waals surface area contributed by atoms with Crippen molar-refractivity contribution in [3.8, 4) is 28.4 Å². The lowest BCUT2D eigenvalue weighted by atomic mass is 9.76. The van der Waals surface area contributed by atoms with Gasteiger partial charge < -0.3 is 14.5 Å². The highest BCUT2D eigenvalue weighted by Gasteiger charge is 2.33. The highest BCUT2D eigenvalue weighted by Crippen LogP contribution is 2.47. The molecule has 77 heavy (non-hydrogen) atoms. The Balaban J connectivity index is 1.07. The van der Waals surface area contributed by atoms with Crippen LogP contribution in [0.4, 0.5) is 11.4 Å². The maximum absolute atomic E-state index is 7.28. The molecule has 0 atom stereocenters. The van der Waals surface area contributed by atoms with Crippen molar-refractivity contribution in [2.45, 2.75) is 104 Å². The van der Waals surface area contributed by atoms with Gasteiger partial charge in [0.2, 0.25) is 0 Å². The zero-order valence-corrected chi connectivity index (χ0v) is 46.8. The van der Waals surface area contributed by atoms with Crippen molar-refractivity contribution >= 4 is 38.9 Å². The van der Waals surface area contributed by atoms with Gasteiger partial charge in [-0.05, 0) is 116 Å². The molecular formula is C72H72N4O. The molecule has 1 aliphatic rings. The molecule has 11 rings (SSSR count). The number of nitrogens with zero attached hydrogens (tertiary/aromatic N) is 4. The Labute approximate surface area is 457 Å². The highest BCUT2D eigenvalue weighted by molar-refractivity contribution is 6.12. The van der Waals surface area contributed by atoms with E-state index in [4.69, 9.17) is 9.72 Å². The van der Waals surface area contributed by atoms with Crippen LogP contribution in [0.1, 0.15) is 133 Å². The molecule has 0 N–H and O–H groups in total. The lowest BCUT2D eigenvalue weighted by Crippen LogP contribution is -2.27. The summed E-state index contributed by atoms with van der Waals surface area (Å²) in [5.41, 5.74) is 17.4. The second-order valence-corrected chi connectivity index (χ2v) is 23.8. The van der Waals surface area contributed by atoms with E-state index in [1.165, 1.54) is 72.1 Å². The summed E-state index contributed by atoms with van der Waals surface area (Å²) in [6.45, 7) is 26.1. The van der Waals surface area contributed by atoms with Crippen LogP contribution in [-0.2, 0) is 16.2 Å². The number of pyridine rings is 1. The Morgan fingerprint density at radius 1 is 0.481 bits per heavy atom. The van der Waals surface area contributed by atoms with Crippen molar-refractivity contribution in [2.24, 2.45) is 0 Å². The highest BCUT2D eigenvalue weighted by atomic mass is 16.5. The lowest BCUT2D eigenvalue weighted by Gasteiger charge is -2.29. The molecule has 0 unspecified atom stereocenters. The van der Waals surface area contributed by atoms with Crippen LogP contribution in [0.15, 0.2) is 213 Å². The molecule has 0 aliphatic carbocycles. The normalized spacial score (nSPS) is 13.3. The summed E-state index contributed by atoms with van der Waals surface area (Å²) in [5, 5.41) is 2.36. The van der Waals surface area contributed by atoms with Crippen LogP contribution in [0.2, 0.25) is 0 Å². The summed E-state index contributed by atoms with van der Waals surface area (Å²) < 4.78 is 9.62. The molecule has 3 heterocycles. The third-order valence-electron chi connectivity index (χ3n) is 16.2. The van der Waals surface area contributed by atoms with E-state index in [0.717, 1.165) is 39.7 Å². The minimum absolute atomic E-state index is 0.0559. The first-order valence-electron chi connectivity index (χ1n) is 27.5. The first-order valence-corrected chi connectivity index (χ1v) is 27.5. The van der Waals surface area contributed by atoms with Crippen molar-refractivity contribution in [3.05, 3.63) is 257 Å². The number of hydrogen-bond acceptors (Lipinski definition) is 4. The fraction of sp³-hybridized carbons (Fsp3) is 0.236. The summed E-state index contributed by atoms with van der Waals surface area (Å²) in [5.74, 6) is 3.02. The molecule has 10 aromatic rings. The van der Waals surface area contributed by atoms with Crippen molar-refractivity contribution in [2.75, 3.05) is 16.5 Å². The van der Waals surface area contributed by atoms with Gasteiger partial charge in [-0.1, -0.05) is 216 Å². The summed E-state index contributed by atoms with van der Waals surface area (Å²) in [4.78, 5) is 10.1. The zero-order valence-electron chi connectivity index (χ0n) is 46.8. The Kier molecular flexibility index (Phi) is 13.3. The SMILES string of the molecule is CC(C)c1cccc(C(C)C)c1C1=CN(c2cc(-c3ccccc3)cc(C(C)(C)C)c2)CN1c1cccc(Oc2cc(C(C)(C)c3ccccc3)c3c4ccccc4n(-c4cc(C(C)(C)c5ccccc5)ccn4)c3c2)c1. The summed E-state index contributed by atoms with van der Waals surface area (Å²) >= 11 is 0. The predicted octanol–water partition coefficient (Wildman–Crippen LogP) is 19.1. The van der Waals surface area contributed by atoms with E-state index in [0.29, 0.717) is 18.5 Å². The van der Waals surface area contributed by atoms with Crippen LogP contribution in [0.25, 0.3) is 44.4 Å². The smallest absolute Gasteiger partial charge is 0.137 e. The van der Waals surface area contributed by atoms with Crippen LogP contribution in [-0.4, -0.2) is 16.2 Å². The summed E-state index contributed by atoms with van der Waals surface area (Å²) in [6.07, 6.45) is 4.36. The van der Waals surface area contributed by atoms with Crippen LogP contribution in [0.3, 0.4) is 0 Å². The van der Waals surface area contributed by atoms with Gasteiger partial charge in [-0.25, -0.2) is 4.98 Å². The third-order valence-corrected chi connectivity index (χ3v) is 16.2. The molecule has 0 saturated heterocycles. The number of hydrogen-bond donors (Lipinski definition) is 0. The molecule has 0 fully saturated rings.